The number of benzene rings is 3. The van der Waals surface area contributed by atoms with Crippen molar-refractivity contribution in [2.75, 3.05) is 4.90 Å². The SMILES string of the molecule is O=C1[C@@H]2[C@@H](C(=O)N1c1cccc(I)c1)C1c3ccccc3C2(Cl)c2ccccc21. The van der Waals surface area contributed by atoms with Crippen molar-refractivity contribution in [3.63, 3.8) is 0 Å². The molecule has 0 spiro atoms. The van der Waals surface area contributed by atoms with Crippen molar-refractivity contribution in [1.29, 1.82) is 0 Å². The van der Waals surface area contributed by atoms with E-state index in [4.69, 9.17) is 11.6 Å². The van der Waals surface area contributed by atoms with Crippen LogP contribution in [-0.4, -0.2) is 11.8 Å². The van der Waals surface area contributed by atoms with Crippen molar-refractivity contribution in [3.8, 4) is 0 Å². The van der Waals surface area contributed by atoms with Gasteiger partial charge in [0.1, 0.15) is 4.87 Å². The molecular formula is C24H15ClINO2. The van der Waals surface area contributed by atoms with Gasteiger partial charge in [0.05, 0.1) is 17.5 Å². The third-order valence-electron chi connectivity index (χ3n) is 6.58. The molecule has 2 amide bonds. The van der Waals surface area contributed by atoms with Crippen molar-refractivity contribution in [3.05, 3.63) is 98.6 Å². The molecule has 29 heavy (non-hydrogen) atoms. The topological polar surface area (TPSA) is 37.4 Å². The van der Waals surface area contributed by atoms with E-state index in [0.29, 0.717) is 5.69 Å². The summed E-state index contributed by atoms with van der Waals surface area (Å²) in [6.07, 6.45) is 0. The number of anilines is 1. The van der Waals surface area contributed by atoms with Crippen molar-refractivity contribution < 1.29 is 9.59 Å². The highest BCUT2D eigenvalue weighted by atomic mass is 127. The number of hydrogen-bond donors (Lipinski definition) is 0. The van der Waals surface area contributed by atoms with Crippen molar-refractivity contribution in [2.45, 2.75) is 10.8 Å². The van der Waals surface area contributed by atoms with E-state index in [0.717, 1.165) is 25.8 Å². The number of carbonyl (C=O) groups is 2. The summed E-state index contributed by atoms with van der Waals surface area (Å²) in [6, 6.07) is 23.5. The van der Waals surface area contributed by atoms with Crippen LogP contribution in [0.15, 0.2) is 72.8 Å². The minimum atomic E-state index is -1.03. The zero-order valence-corrected chi connectivity index (χ0v) is 18.1. The van der Waals surface area contributed by atoms with E-state index in [1.165, 1.54) is 4.90 Å². The average molecular weight is 512 g/mol. The van der Waals surface area contributed by atoms with Crippen LogP contribution >= 0.6 is 34.2 Å². The van der Waals surface area contributed by atoms with Crippen LogP contribution in [0.4, 0.5) is 5.69 Å². The van der Waals surface area contributed by atoms with Gasteiger partial charge < -0.3 is 0 Å². The number of alkyl halides is 1. The second kappa shape index (κ2) is 5.92. The molecule has 5 heteroatoms. The molecule has 3 aromatic carbocycles. The van der Waals surface area contributed by atoms with Gasteiger partial charge in [-0.25, -0.2) is 4.90 Å². The average Bonchev–Trinajstić information content (AvgIpc) is 3.00. The molecule has 3 aliphatic carbocycles. The summed E-state index contributed by atoms with van der Waals surface area (Å²) in [4.78, 5) is 27.7. The molecule has 7 rings (SSSR count). The van der Waals surface area contributed by atoms with Crippen LogP contribution in [0.1, 0.15) is 28.2 Å². The standard InChI is InChI=1S/C24H15ClINO2/c25-24-17-10-3-1-8-15(17)19(16-9-2-4-11-18(16)24)20-21(24)23(29)27(22(20)28)14-7-5-6-13(26)12-14/h1-12,19-21H/t19?,20-,21-,24?/m0/s1. The molecule has 0 unspecified atom stereocenters. The van der Waals surface area contributed by atoms with E-state index >= 15 is 0 Å². The van der Waals surface area contributed by atoms with Gasteiger partial charge in [0.25, 0.3) is 0 Å². The van der Waals surface area contributed by atoms with Crippen LogP contribution in [0.2, 0.25) is 0 Å². The van der Waals surface area contributed by atoms with Gasteiger partial charge in [0, 0.05) is 9.49 Å². The summed E-state index contributed by atoms with van der Waals surface area (Å²) in [7, 11) is 0. The van der Waals surface area contributed by atoms with Gasteiger partial charge in [-0.1, -0.05) is 54.6 Å². The zero-order chi connectivity index (χ0) is 19.9. The first kappa shape index (κ1) is 17.7. The fraction of sp³-hybridized carbons (Fsp3) is 0.167. The molecule has 4 aliphatic rings. The number of halogens is 2. The second-order valence-corrected chi connectivity index (χ2v) is 9.70. The van der Waals surface area contributed by atoms with Gasteiger partial charge >= 0.3 is 0 Å². The molecule has 3 aromatic rings. The number of carbonyl (C=O) groups excluding carboxylic acids is 2. The van der Waals surface area contributed by atoms with Crippen molar-refractivity contribution in [2.24, 2.45) is 11.8 Å². The first-order chi connectivity index (χ1) is 14.0. The molecule has 2 atom stereocenters. The summed E-state index contributed by atoms with van der Waals surface area (Å²) in [6.45, 7) is 0. The minimum absolute atomic E-state index is 0.152. The largest absolute Gasteiger partial charge is 0.274 e. The van der Waals surface area contributed by atoms with Gasteiger partial charge in [-0.2, -0.15) is 0 Å². The highest BCUT2D eigenvalue weighted by molar-refractivity contribution is 14.1. The quantitative estimate of drug-likeness (QED) is 0.261. The Balaban J connectivity index is 1.63. The highest BCUT2D eigenvalue weighted by Gasteiger charge is 2.67. The van der Waals surface area contributed by atoms with E-state index in [-0.39, 0.29) is 17.7 Å². The summed E-state index contributed by atoms with van der Waals surface area (Å²) in [5.74, 6) is -1.60. The molecule has 1 heterocycles. The molecule has 3 nitrogen and oxygen atoms in total. The van der Waals surface area contributed by atoms with Crippen molar-refractivity contribution in [1.82, 2.24) is 0 Å². The number of imide groups is 1. The lowest BCUT2D eigenvalue weighted by Crippen LogP contribution is -2.50. The molecule has 142 valence electrons. The molecule has 0 aromatic heterocycles. The lowest BCUT2D eigenvalue weighted by Gasteiger charge is -2.50. The van der Waals surface area contributed by atoms with Gasteiger partial charge in [0.2, 0.25) is 11.8 Å². The predicted octanol–water partition coefficient (Wildman–Crippen LogP) is 5.04. The Labute approximate surface area is 186 Å². The maximum atomic E-state index is 13.7. The number of hydrogen-bond acceptors (Lipinski definition) is 2. The van der Waals surface area contributed by atoms with Crippen LogP contribution in [0.5, 0.6) is 0 Å². The first-order valence-corrected chi connectivity index (χ1v) is 11.0. The maximum absolute atomic E-state index is 13.7. The minimum Gasteiger partial charge on any atom is -0.274 e. The maximum Gasteiger partial charge on any atom is 0.240 e. The van der Waals surface area contributed by atoms with Crippen LogP contribution in [0.3, 0.4) is 0 Å². The van der Waals surface area contributed by atoms with E-state index in [1.807, 2.05) is 60.7 Å². The number of nitrogens with zero attached hydrogens (tertiary/aromatic N) is 1. The highest BCUT2D eigenvalue weighted by Crippen LogP contribution is 2.65. The molecule has 1 saturated heterocycles. The molecule has 1 aliphatic heterocycles. The van der Waals surface area contributed by atoms with E-state index < -0.39 is 16.7 Å². The Kier molecular flexibility index (Phi) is 3.61. The third-order valence-corrected chi connectivity index (χ3v) is 7.89. The Morgan fingerprint density at radius 2 is 1.45 bits per heavy atom. The van der Waals surface area contributed by atoms with Gasteiger partial charge in [-0.05, 0) is 63.0 Å². The summed E-state index contributed by atoms with van der Waals surface area (Å²) < 4.78 is 0.978. The normalized spacial score (nSPS) is 28.9. The third kappa shape index (κ3) is 2.09. The number of amides is 2. The molecule has 0 N–H and O–H groups in total. The van der Waals surface area contributed by atoms with Crippen LogP contribution in [0.25, 0.3) is 0 Å². The predicted molar refractivity (Wildman–Crippen MR) is 120 cm³/mol. The monoisotopic (exact) mass is 511 g/mol. The van der Waals surface area contributed by atoms with E-state index in [2.05, 4.69) is 34.7 Å². The van der Waals surface area contributed by atoms with E-state index in [9.17, 15) is 9.59 Å². The Hall–Kier alpha value is -2.18. The fourth-order valence-electron chi connectivity index (χ4n) is 5.55. The second-order valence-electron chi connectivity index (χ2n) is 7.86. The number of rotatable bonds is 1. The van der Waals surface area contributed by atoms with Crippen LogP contribution in [0, 0.1) is 15.4 Å². The zero-order valence-electron chi connectivity index (χ0n) is 15.2. The molecule has 2 bridgehead atoms. The van der Waals surface area contributed by atoms with E-state index in [1.54, 1.807) is 0 Å². The lowest BCUT2D eigenvalue weighted by atomic mass is 9.54. The first-order valence-electron chi connectivity index (χ1n) is 9.54. The van der Waals surface area contributed by atoms with Crippen LogP contribution < -0.4 is 4.90 Å². The van der Waals surface area contributed by atoms with Gasteiger partial charge in [-0.3, -0.25) is 9.59 Å². The smallest absolute Gasteiger partial charge is 0.240 e. The fourth-order valence-corrected chi connectivity index (χ4v) is 6.65. The molecule has 0 radical (unpaired) electrons. The molecule has 0 saturated carbocycles. The van der Waals surface area contributed by atoms with Crippen LogP contribution in [-0.2, 0) is 14.5 Å². The van der Waals surface area contributed by atoms with Gasteiger partial charge in [0.15, 0.2) is 0 Å². The summed E-state index contributed by atoms with van der Waals surface area (Å²) >= 11 is 9.60. The Morgan fingerprint density at radius 1 is 0.828 bits per heavy atom. The summed E-state index contributed by atoms with van der Waals surface area (Å²) in [5.41, 5.74) is 4.66. The Morgan fingerprint density at radius 3 is 2.07 bits per heavy atom. The van der Waals surface area contributed by atoms with Gasteiger partial charge in [-0.15, -0.1) is 11.6 Å². The Bertz CT molecular complexity index is 1180. The molecule has 1 fully saturated rings. The summed E-state index contributed by atoms with van der Waals surface area (Å²) in [5, 5.41) is 0. The van der Waals surface area contributed by atoms with Crippen molar-refractivity contribution >= 4 is 51.7 Å². The molecular weight excluding hydrogens is 497 g/mol. The lowest BCUT2D eigenvalue weighted by molar-refractivity contribution is -0.122.